The van der Waals surface area contributed by atoms with Crippen LogP contribution in [0.25, 0.3) is 5.65 Å². The first kappa shape index (κ1) is 19.0. The minimum atomic E-state index is -0.0620. The maximum Gasteiger partial charge on any atom is 0.276 e. The van der Waals surface area contributed by atoms with Gasteiger partial charge in [0.25, 0.3) is 5.91 Å². The molecule has 0 spiro atoms. The number of nitrogens with zero attached hydrogens (tertiary/aromatic N) is 6. The molecule has 1 amide bonds. The topological polar surface area (TPSA) is 76.3 Å². The molecule has 1 saturated heterocycles. The number of fused-ring (bicyclic) bond motifs is 1. The van der Waals surface area contributed by atoms with E-state index in [1.807, 2.05) is 24.8 Å². The number of likely N-dealkylation sites (tertiary alicyclic amines) is 1. The summed E-state index contributed by atoms with van der Waals surface area (Å²) in [5.41, 5.74) is 3.88. The Morgan fingerprint density at radius 3 is 2.54 bits per heavy atom. The Morgan fingerprint density at radius 2 is 1.89 bits per heavy atom. The van der Waals surface area contributed by atoms with Crippen LogP contribution in [0.1, 0.15) is 72.1 Å². The lowest BCUT2D eigenvalue weighted by atomic mass is 9.93. The normalized spacial score (nSPS) is 16.1. The minimum absolute atomic E-state index is 0.0620. The zero-order valence-electron chi connectivity index (χ0n) is 17.1. The number of hydrogen-bond acceptors (Lipinski definition) is 6. The van der Waals surface area contributed by atoms with Crippen LogP contribution in [0.15, 0.2) is 11.4 Å². The number of piperidine rings is 1. The molecule has 4 heterocycles. The van der Waals surface area contributed by atoms with Gasteiger partial charge in [-0.05, 0) is 26.7 Å². The van der Waals surface area contributed by atoms with Crippen molar-refractivity contribution in [3.8, 4) is 0 Å². The first-order chi connectivity index (χ1) is 13.2. The Hall–Kier alpha value is -2.35. The second-order valence-corrected chi connectivity index (χ2v) is 9.47. The van der Waals surface area contributed by atoms with Crippen LogP contribution in [0.2, 0.25) is 0 Å². The summed E-state index contributed by atoms with van der Waals surface area (Å²) in [4.78, 5) is 19.8. The van der Waals surface area contributed by atoms with Crippen molar-refractivity contribution in [2.45, 2.75) is 58.8 Å². The third-order valence-electron chi connectivity index (χ3n) is 5.35. The molecule has 28 heavy (non-hydrogen) atoms. The summed E-state index contributed by atoms with van der Waals surface area (Å²) in [6.07, 6.45) is 1.86. The molecule has 0 bridgehead atoms. The van der Waals surface area contributed by atoms with Crippen molar-refractivity contribution in [2.75, 3.05) is 13.1 Å². The highest BCUT2D eigenvalue weighted by Crippen LogP contribution is 2.33. The van der Waals surface area contributed by atoms with E-state index in [9.17, 15) is 4.79 Å². The van der Waals surface area contributed by atoms with Gasteiger partial charge in [-0.2, -0.15) is 5.10 Å². The highest BCUT2D eigenvalue weighted by molar-refractivity contribution is 7.09. The molecule has 3 aromatic rings. The van der Waals surface area contributed by atoms with Crippen molar-refractivity contribution in [1.29, 1.82) is 0 Å². The molecule has 4 rings (SSSR count). The van der Waals surface area contributed by atoms with Gasteiger partial charge in [-0.15, -0.1) is 21.5 Å². The zero-order chi connectivity index (χ0) is 20.1. The number of carbonyl (C=O) groups is 1. The van der Waals surface area contributed by atoms with Gasteiger partial charge in [-0.3, -0.25) is 4.79 Å². The van der Waals surface area contributed by atoms with Gasteiger partial charge < -0.3 is 4.90 Å². The number of amides is 1. The molecule has 0 aromatic carbocycles. The van der Waals surface area contributed by atoms with Crippen molar-refractivity contribution in [3.05, 3.63) is 39.2 Å². The lowest BCUT2D eigenvalue weighted by Crippen LogP contribution is -2.39. The van der Waals surface area contributed by atoms with Crippen LogP contribution in [-0.2, 0) is 5.41 Å². The maximum absolute atomic E-state index is 13.0. The molecule has 1 aliphatic heterocycles. The van der Waals surface area contributed by atoms with Gasteiger partial charge in [0.05, 0.1) is 22.1 Å². The van der Waals surface area contributed by atoms with Crippen molar-refractivity contribution in [3.63, 3.8) is 0 Å². The molecule has 3 aromatic heterocycles. The molecule has 0 N–H and O–H groups in total. The van der Waals surface area contributed by atoms with Crippen LogP contribution >= 0.6 is 11.3 Å². The standard InChI is InChI=1S/C20H26N6OS/c1-12-10-16-22-23-17(13(2)26(16)24-12)19(27)25-8-6-14(7-9-25)18-21-15(11-28-18)20(3,4)5/h10-11,14H,6-9H2,1-5H3. The van der Waals surface area contributed by atoms with E-state index in [-0.39, 0.29) is 11.3 Å². The van der Waals surface area contributed by atoms with E-state index < -0.39 is 0 Å². The highest BCUT2D eigenvalue weighted by atomic mass is 32.1. The van der Waals surface area contributed by atoms with Crippen molar-refractivity contribution < 1.29 is 4.79 Å². The summed E-state index contributed by atoms with van der Waals surface area (Å²) in [5.74, 6) is 0.363. The number of hydrogen-bond donors (Lipinski definition) is 0. The molecule has 0 atom stereocenters. The summed E-state index contributed by atoms with van der Waals surface area (Å²) in [6, 6.07) is 1.86. The average Bonchev–Trinajstić information content (AvgIpc) is 3.28. The fraction of sp³-hybridized carbons (Fsp3) is 0.550. The van der Waals surface area contributed by atoms with E-state index in [2.05, 4.69) is 41.4 Å². The van der Waals surface area contributed by atoms with E-state index in [1.165, 1.54) is 5.01 Å². The van der Waals surface area contributed by atoms with Gasteiger partial charge in [0.15, 0.2) is 11.3 Å². The van der Waals surface area contributed by atoms with Gasteiger partial charge in [-0.1, -0.05) is 20.8 Å². The van der Waals surface area contributed by atoms with E-state index in [1.54, 1.807) is 15.9 Å². The Balaban J connectivity index is 1.47. The predicted molar refractivity (Wildman–Crippen MR) is 109 cm³/mol. The van der Waals surface area contributed by atoms with Gasteiger partial charge >= 0.3 is 0 Å². The van der Waals surface area contributed by atoms with Gasteiger partial charge in [-0.25, -0.2) is 9.50 Å². The third kappa shape index (κ3) is 3.41. The number of aromatic nitrogens is 5. The lowest BCUT2D eigenvalue weighted by Gasteiger charge is -2.31. The summed E-state index contributed by atoms with van der Waals surface area (Å²) in [5, 5.41) is 16.1. The second-order valence-electron chi connectivity index (χ2n) is 8.58. The molecule has 8 heteroatoms. The van der Waals surface area contributed by atoms with Crippen LogP contribution in [0, 0.1) is 13.8 Å². The monoisotopic (exact) mass is 398 g/mol. The molecule has 1 fully saturated rings. The molecule has 0 unspecified atom stereocenters. The minimum Gasteiger partial charge on any atom is -0.337 e. The molecule has 0 saturated carbocycles. The number of carbonyl (C=O) groups excluding carboxylic acids is 1. The van der Waals surface area contributed by atoms with E-state index in [0.29, 0.717) is 30.3 Å². The van der Waals surface area contributed by atoms with Crippen molar-refractivity contribution >= 4 is 22.9 Å². The molecular formula is C20H26N6OS. The van der Waals surface area contributed by atoms with Crippen LogP contribution in [0.4, 0.5) is 0 Å². The molecule has 0 aliphatic carbocycles. The van der Waals surface area contributed by atoms with Crippen molar-refractivity contribution in [1.82, 2.24) is 29.7 Å². The summed E-state index contributed by atoms with van der Waals surface area (Å²) in [6.45, 7) is 11.8. The van der Waals surface area contributed by atoms with Crippen molar-refractivity contribution in [2.24, 2.45) is 0 Å². The van der Waals surface area contributed by atoms with Gasteiger partial charge in [0.2, 0.25) is 0 Å². The Bertz CT molecular complexity index is 1020. The zero-order valence-corrected chi connectivity index (χ0v) is 17.9. The smallest absolute Gasteiger partial charge is 0.276 e. The Morgan fingerprint density at radius 1 is 1.18 bits per heavy atom. The van der Waals surface area contributed by atoms with Crippen LogP contribution in [0.5, 0.6) is 0 Å². The van der Waals surface area contributed by atoms with E-state index >= 15 is 0 Å². The third-order valence-corrected chi connectivity index (χ3v) is 6.36. The van der Waals surface area contributed by atoms with Gasteiger partial charge in [0.1, 0.15) is 0 Å². The average molecular weight is 399 g/mol. The molecule has 7 nitrogen and oxygen atoms in total. The second kappa shape index (κ2) is 6.92. The molecular weight excluding hydrogens is 372 g/mol. The van der Waals surface area contributed by atoms with E-state index in [0.717, 1.165) is 29.9 Å². The number of aryl methyl sites for hydroxylation is 2. The SMILES string of the molecule is Cc1cc2nnc(C(=O)N3CCC(c4nc(C(C)(C)C)cs4)CC3)c(C)n2n1. The van der Waals surface area contributed by atoms with Crippen LogP contribution in [0.3, 0.4) is 0 Å². The fourth-order valence-electron chi connectivity index (χ4n) is 3.57. The summed E-state index contributed by atoms with van der Waals surface area (Å²) in [7, 11) is 0. The molecule has 0 radical (unpaired) electrons. The van der Waals surface area contributed by atoms with Crippen LogP contribution in [-0.4, -0.2) is 48.7 Å². The first-order valence-electron chi connectivity index (χ1n) is 9.69. The summed E-state index contributed by atoms with van der Waals surface area (Å²) < 4.78 is 1.70. The Labute approximate surface area is 168 Å². The predicted octanol–water partition coefficient (Wildman–Crippen LogP) is 3.51. The quantitative estimate of drug-likeness (QED) is 0.660. The number of rotatable bonds is 2. The van der Waals surface area contributed by atoms with Crippen LogP contribution < -0.4 is 0 Å². The first-order valence-corrected chi connectivity index (χ1v) is 10.6. The summed E-state index contributed by atoms with van der Waals surface area (Å²) >= 11 is 1.75. The Kier molecular flexibility index (Phi) is 4.69. The molecule has 148 valence electrons. The maximum atomic E-state index is 13.0. The van der Waals surface area contributed by atoms with Gasteiger partial charge in [0, 0.05) is 35.9 Å². The highest BCUT2D eigenvalue weighted by Gasteiger charge is 2.29. The number of thiazole rings is 1. The van der Waals surface area contributed by atoms with E-state index in [4.69, 9.17) is 4.98 Å². The fourth-order valence-corrected chi connectivity index (χ4v) is 4.79. The molecule has 1 aliphatic rings. The lowest BCUT2D eigenvalue weighted by molar-refractivity contribution is 0.0704. The largest absolute Gasteiger partial charge is 0.337 e.